The molecule has 2 rings (SSSR count). The molecule has 2 aromatic rings. The molecule has 2 aromatic carbocycles. The lowest BCUT2D eigenvalue weighted by atomic mass is 9.96. The Labute approximate surface area is 161 Å². The van der Waals surface area contributed by atoms with Crippen LogP contribution in [0.5, 0.6) is 0 Å². The Morgan fingerprint density at radius 3 is 2.07 bits per heavy atom. The van der Waals surface area contributed by atoms with Gasteiger partial charge < -0.3 is 11.1 Å². The molecule has 0 saturated carbocycles. The van der Waals surface area contributed by atoms with Gasteiger partial charge in [-0.2, -0.15) is 13.2 Å². The Morgan fingerprint density at radius 2 is 1.56 bits per heavy atom. The molecule has 0 aliphatic carbocycles. The van der Waals surface area contributed by atoms with Crippen molar-refractivity contribution in [2.75, 3.05) is 6.54 Å². The van der Waals surface area contributed by atoms with Gasteiger partial charge in [0, 0.05) is 11.6 Å². The zero-order valence-corrected chi connectivity index (χ0v) is 16.6. The van der Waals surface area contributed by atoms with Gasteiger partial charge in [-0.15, -0.1) is 0 Å². The average molecular weight is 380 g/mol. The third-order valence-corrected chi connectivity index (χ3v) is 3.85. The highest BCUT2D eigenvalue weighted by Gasteiger charge is 2.30. The zero-order valence-electron chi connectivity index (χ0n) is 16.6. The Morgan fingerprint density at radius 1 is 0.963 bits per heavy atom. The van der Waals surface area contributed by atoms with Gasteiger partial charge >= 0.3 is 6.18 Å². The number of nitrogens with two attached hydrogens (primary N) is 1. The molecule has 1 atom stereocenters. The number of hydrogen-bond donors (Lipinski definition) is 2. The van der Waals surface area contributed by atoms with E-state index in [0.717, 1.165) is 19.0 Å². The van der Waals surface area contributed by atoms with Crippen molar-refractivity contribution in [3.8, 4) is 0 Å². The van der Waals surface area contributed by atoms with Crippen LogP contribution in [0.3, 0.4) is 0 Å². The van der Waals surface area contributed by atoms with E-state index in [2.05, 4.69) is 17.4 Å². The number of alkyl halides is 3. The summed E-state index contributed by atoms with van der Waals surface area (Å²) < 4.78 is 37.3. The van der Waals surface area contributed by atoms with Crippen LogP contribution in [-0.4, -0.2) is 18.1 Å². The van der Waals surface area contributed by atoms with Crippen LogP contribution < -0.4 is 11.1 Å². The molecule has 1 unspecified atom stereocenters. The number of nitrogens with one attached hydrogen (secondary N) is 1. The molecule has 0 radical (unpaired) electrons. The SMILES string of the molecule is CC(C)(N)Cc1ccccc1.CCNC(C)Cc1cccc(C(F)(F)F)c1. The van der Waals surface area contributed by atoms with Crippen LogP contribution in [0.25, 0.3) is 0 Å². The number of likely N-dealkylation sites (N-methyl/N-ethyl adjacent to an activating group) is 1. The van der Waals surface area contributed by atoms with Crippen molar-refractivity contribution in [3.63, 3.8) is 0 Å². The van der Waals surface area contributed by atoms with Crippen LogP contribution >= 0.6 is 0 Å². The minimum atomic E-state index is -4.25. The maximum atomic E-state index is 12.4. The lowest BCUT2D eigenvalue weighted by Crippen LogP contribution is -2.34. The highest BCUT2D eigenvalue weighted by molar-refractivity contribution is 5.26. The molecule has 27 heavy (non-hydrogen) atoms. The minimum Gasteiger partial charge on any atom is -0.325 e. The summed E-state index contributed by atoms with van der Waals surface area (Å²) in [6.45, 7) is 8.84. The van der Waals surface area contributed by atoms with Crippen LogP contribution in [0.4, 0.5) is 13.2 Å². The predicted octanol–water partition coefficient (Wildman–Crippen LogP) is 5.21. The number of benzene rings is 2. The van der Waals surface area contributed by atoms with Gasteiger partial charge in [0.1, 0.15) is 0 Å². The molecule has 150 valence electrons. The standard InChI is InChI=1S/C12H16F3N.C10H15N/c1-3-16-9(2)7-10-5-4-6-11(8-10)12(13,14)15;1-10(2,11)8-9-6-4-3-5-7-9/h4-6,8-9,16H,3,7H2,1-2H3;3-7H,8,11H2,1-2H3. The monoisotopic (exact) mass is 380 g/mol. The van der Waals surface area contributed by atoms with Gasteiger partial charge in [0.05, 0.1) is 5.56 Å². The maximum Gasteiger partial charge on any atom is 0.416 e. The van der Waals surface area contributed by atoms with Crippen LogP contribution in [0.2, 0.25) is 0 Å². The molecule has 0 fully saturated rings. The van der Waals surface area contributed by atoms with E-state index < -0.39 is 11.7 Å². The van der Waals surface area contributed by atoms with E-state index in [1.165, 1.54) is 17.7 Å². The van der Waals surface area contributed by atoms with E-state index in [-0.39, 0.29) is 11.6 Å². The summed E-state index contributed by atoms with van der Waals surface area (Å²) in [6, 6.07) is 16.0. The van der Waals surface area contributed by atoms with Gasteiger partial charge in [-0.3, -0.25) is 0 Å². The topological polar surface area (TPSA) is 38.0 Å². The third-order valence-electron chi connectivity index (χ3n) is 3.85. The largest absolute Gasteiger partial charge is 0.416 e. The first-order valence-corrected chi connectivity index (χ1v) is 9.23. The lowest BCUT2D eigenvalue weighted by Gasteiger charge is -2.17. The molecule has 0 spiro atoms. The summed E-state index contributed by atoms with van der Waals surface area (Å²) in [6.07, 6.45) is -2.71. The van der Waals surface area contributed by atoms with Crippen molar-refractivity contribution in [3.05, 3.63) is 71.3 Å². The van der Waals surface area contributed by atoms with Crippen molar-refractivity contribution >= 4 is 0 Å². The fraction of sp³-hybridized carbons (Fsp3) is 0.455. The minimum absolute atomic E-state index is 0.0959. The summed E-state index contributed by atoms with van der Waals surface area (Å²) in [4.78, 5) is 0. The molecule has 2 nitrogen and oxygen atoms in total. The van der Waals surface area contributed by atoms with Gasteiger partial charge in [0.2, 0.25) is 0 Å². The van der Waals surface area contributed by atoms with Gasteiger partial charge in [0.25, 0.3) is 0 Å². The lowest BCUT2D eigenvalue weighted by molar-refractivity contribution is -0.137. The molecule has 0 aliphatic rings. The van der Waals surface area contributed by atoms with Crippen LogP contribution in [-0.2, 0) is 19.0 Å². The molecular formula is C22H31F3N2. The summed E-state index contributed by atoms with van der Waals surface area (Å²) in [5, 5.41) is 3.17. The fourth-order valence-electron chi connectivity index (χ4n) is 2.77. The van der Waals surface area contributed by atoms with Crippen molar-refractivity contribution in [2.24, 2.45) is 5.73 Å². The maximum absolute atomic E-state index is 12.4. The molecule has 0 aliphatic heterocycles. The van der Waals surface area contributed by atoms with Crippen LogP contribution in [0.1, 0.15) is 44.4 Å². The van der Waals surface area contributed by atoms with Crippen molar-refractivity contribution in [1.82, 2.24) is 5.32 Å². The number of halogens is 3. The molecule has 0 heterocycles. The first-order valence-electron chi connectivity index (χ1n) is 9.23. The van der Waals surface area contributed by atoms with E-state index in [1.54, 1.807) is 6.07 Å². The molecule has 3 N–H and O–H groups in total. The average Bonchev–Trinajstić information content (AvgIpc) is 2.54. The molecule has 5 heteroatoms. The molecular weight excluding hydrogens is 349 g/mol. The first-order chi connectivity index (χ1) is 12.5. The smallest absolute Gasteiger partial charge is 0.325 e. The molecule has 0 amide bonds. The molecule has 0 bridgehead atoms. The Balaban J connectivity index is 0.000000289. The summed E-state index contributed by atoms with van der Waals surface area (Å²) in [5.41, 5.74) is 7.21. The second-order valence-electron chi connectivity index (χ2n) is 7.51. The quantitative estimate of drug-likeness (QED) is 0.722. The van der Waals surface area contributed by atoms with Gasteiger partial charge in [-0.05, 0) is 57.4 Å². The third kappa shape index (κ3) is 10.2. The molecule has 0 aromatic heterocycles. The number of rotatable bonds is 6. The summed E-state index contributed by atoms with van der Waals surface area (Å²) in [7, 11) is 0. The number of hydrogen-bond acceptors (Lipinski definition) is 2. The van der Waals surface area contributed by atoms with Crippen LogP contribution in [0, 0.1) is 0 Å². The first kappa shape index (κ1) is 23.2. The second-order valence-corrected chi connectivity index (χ2v) is 7.51. The Bertz CT molecular complexity index is 661. The van der Waals surface area contributed by atoms with Gasteiger partial charge in [-0.1, -0.05) is 55.5 Å². The Kier molecular flexibility index (Phi) is 9.00. The van der Waals surface area contributed by atoms with E-state index >= 15 is 0 Å². The van der Waals surface area contributed by atoms with E-state index in [1.807, 2.05) is 45.9 Å². The Hall–Kier alpha value is -1.85. The normalized spacial score (nSPS) is 12.9. The van der Waals surface area contributed by atoms with E-state index in [9.17, 15) is 13.2 Å². The van der Waals surface area contributed by atoms with E-state index in [4.69, 9.17) is 5.73 Å². The zero-order chi connectivity index (χ0) is 20.5. The predicted molar refractivity (Wildman–Crippen MR) is 107 cm³/mol. The van der Waals surface area contributed by atoms with Crippen molar-refractivity contribution in [2.45, 2.75) is 58.3 Å². The highest BCUT2D eigenvalue weighted by Crippen LogP contribution is 2.29. The van der Waals surface area contributed by atoms with Gasteiger partial charge in [-0.25, -0.2) is 0 Å². The van der Waals surface area contributed by atoms with Gasteiger partial charge in [0.15, 0.2) is 0 Å². The van der Waals surface area contributed by atoms with Crippen molar-refractivity contribution < 1.29 is 13.2 Å². The second kappa shape index (κ2) is 10.5. The summed E-state index contributed by atoms with van der Waals surface area (Å²) >= 11 is 0. The van der Waals surface area contributed by atoms with E-state index in [0.29, 0.717) is 12.0 Å². The summed E-state index contributed by atoms with van der Waals surface area (Å²) in [5.74, 6) is 0. The molecule has 0 saturated heterocycles. The fourth-order valence-corrected chi connectivity index (χ4v) is 2.77. The van der Waals surface area contributed by atoms with Crippen molar-refractivity contribution in [1.29, 1.82) is 0 Å². The highest BCUT2D eigenvalue weighted by atomic mass is 19.4. The van der Waals surface area contributed by atoms with Crippen LogP contribution in [0.15, 0.2) is 54.6 Å².